The molecule has 11 heavy (non-hydrogen) atoms. The first-order valence-electron chi connectivity index (χ1n) is 3.86. The number of carbonyl (C=O) groups is 1. The Morgan fingerprint density at radius 1 is 1.27 bits per heavy atom. The summed E-state index contributed by atoms with van der Waals surface area (Å²) >= 11 is 0. The van der Waals surface area contributed by atoms with Crippen LogP contribution in [-0.4, -0.2) is 28.5 Å². The van der Waals surface area contributed by atoms with Crippen LogP contribution in [0.3, 0.4) is 0 Å². The van der Waals surface area contributed by atoms with Gasteiger partial charge < -0.3 is 15.5 Å². The summed E-state index contributed by atoms with van der Waals surface area (Å²) in [6, 6.07) is 0.0518. The summed E-state index contributed by atoms with van der Waals surface area (Å²) in [5.74, 6) is 0. The van der Waals surface area contributed by atoms with Crippen molar-refractivity contribution in [2.75, 3.05) is 0 Å². The zero-order chi connectivity index (χ0) is 8.27. The molecule has 0 spiro atoms. The number of amides is 1. The van der Waals surface area contributed by atoms with E-state index in [4.69, 9.17) is 10.2 Å². The van der Waals surface area contributed by atoms with Crippen LogP contribution < -0.4 is 5.32 Å². The molecular weight excluding hydrogens is 146 g/mol. The number of aliphatic hydroxyl groups is 1. The van der Waals surface area contributed by atoms with E-state index >= 15 is 0 Å². The number of carboxylic acid groups (broad SMARTS) is 1. The molecule has 0 saturated heterocycles. The number of hydrogen-bond donors (Lipinski definition) is 3. The summed E-state index contributed by atoms with van der Waals surface area (Å²) in [6.07, 6.45) is 1.75. The minimum absolute atomic E-state index is 0.0518. The maximum Gasteiger partial charge on any atom is 0.404 e. The molecule has 1 amide bonds. The molecule has 1 rings (SSSR count). The van der Waals surface area contributed by atoms with E-state index in [9.17, 15) is 4.79 Å². The molecule has 4 heteroatoms. The third kappa shape index (κ3) is 2.76. The van der Waals surface area contributed by atoms with E-state index in [0.717, 1.165) is 12.8 Å². The van der Waals surface area contributed by atoms with Crippen LogP contribution >= 0.6 is 0 Å². The van der Waals surface area contributed by atoms with Crippen LogP contribution in [0.1, 0.15) is 25.7 Å². The van der Waals surface area contributed by atoms with Gasteiger partial charge >= 0.3 is 6.09 Å². The largest absolute Gasteiger partial charge is 0.465 e. The first kappa shape index (κ1) is 8.33. The van der Waals surface area contributed by atoms with Crippen LogP contribution in [0.2, 0.25) is 0 Å². The molecule has 0 bridgehead atoms. The maximum absolute atomic E-state index is 10.2. The van der Waals surface area contributed by atoms with E-state index in [1.165, 1.54) is 0 Å². The standard InChI is InChI=1S/C7H13NO3/c9-6-3-1-5(2-4-6)8-7(10)11/h5-6,8-9H,1-4H2,(H,10,11)/t5-,6+. The van der Waals surface area contributed by atoms with Crippen molar-refractivity contribution in [2.45, 2.75) is 37.8 Å². The molecule has 0 aromatic heterocycles. The lowest BCUT2D eigenvalue weighted by molar-refractivity contribution is 0.114. The van der Waals surface area contributed by atoms with E-state index < -0.39 is 6.09 Å². The fraction of sp³-hybridized carbons (Fsp3) is 0.857. The Morgan fingerprint density at radius 3 is 2.27 bits per heavy atom. The molecule has 1 aliphatic carbocycles. The molecule has 0 unspecified atom stereocenters. The predicted molar refractivity (Wildman–Crippen MR) is 39.4 cm³/mol. The van der Waals surface area contributed by atoms with E-state index in [2.05, 4.69) is 5.32 Å². The third-order valence-corrected chi connectivity index (χ3v) is 2.02. The molecule has 64 valence electrons. The first-order valence-corrected chi connectivity index (χ1v) is 3.86. The van der Waals surface area contributed by atoms with Gasteiger partial charge in [-0.05, 0) is 25.7 Å². The minimum atomic E-state index is -0.966. The average molecular weight is 159 g/mol. The number of hydrogen-bond acceptors (Lipinski definition) is 2. The first-order chi connectivity index (χ1) is 5.18. The minimum Gasteiger partial charge on any atom is -0.465 e. The van der Waals surface area contributed by atoms with Gasteiger partial charge in [0.15, 0.2) is 0 Å². The van der Waals surface area contributed by atoms with Crippen LogP contribution in [0.5, 0.6) is 0 Å². The van der Waals surface area contributed by atoms with E-state index in [0.29, 0.717) is 12.8 Å². The van der Waals surface area contributed by atoms with Crippen LogP contribution in [-0.2, 0) is 0 Å². The Balaban J connectivity index is 2.22. The average Bonchev–Trinajstić information content (AvgIpc) is 1.93. The van der Waals surface area contributed by atoms with Crippen molar-refractivity contribution in [3.8, 4) is 0 Å². The fourth-order valence-corrected chi connectivity index (χ4v) is 1.39. The molecule has 0 aromatic carbocycles. The molecule has 0 radical (unpaired) electrons. The Morgan fingerprint density at radius 2 is 1.82 bits per heavy atom. The van der Waals surface area contributed by atoms with Gasteiger partial charge in [0.05, 0.1) is 6.10 Å². The van der Waals surface area contributed by atoms with Crippen LogP contribution in [0.4, 0.5) is 4.79 Å². The Bertz CT molecular complexity index is 141. The highest BCUT2D eigenvalue weighted by molar-refractivity contribution is 5.64. The summed E-state index contributed by atoms with van der Waals surface area (Å²) in [4.78, 5) is 10.2. The van der Waals surface area contributed by atoms with Crippen molar-refractivity contribution >= 4 is 6.09 Å². The van der Waals surface area contributed by atoms with Crippen molar-refractivity contribution < 1.29 is 15.0 Å². The van der Waals surface area contributed by atoms with Gasteiger partial charge in [-0.25, -0.2) is 4.79 Å². The Kier molecular flexibility index (Phi) is 2.70. The molecule has 1 fully saturated rings. The van der Waals surface area contributed by atoms with Crippen molar-refractivity contribution in [3.05, 3.63) is 0 Å². The van der Waals surface area contributed by atoms with Crippen LogP contribution in [0.15, 0.2) is 0 Å². The normalized spacial score (nSPS) is 31.4. The van der Waals surface area contributed by atoms with Crippen LogP contribution in [0, 0.1) is 0 Å². The van der Waals surface area contributed by atoms with Crippen molar-refractivity contribution in [2.24, 2.45) is 0 Å². The summed E-state index contributed by atoms with van der Waals surface area (Å²) in [7, 11) is 0. The predicted octanol–water partition coefficient (Wildman–Crippen LogP) is 0.557. The molecule has 0 aromatic rings. The Labute approximate surface area is 65.2 Å². The number of nitrogens with one attached hydrogen (secondary N) is 1. The quantitative estimate of drug-likeness (QED) is 0.523. The van der Waals surface area contributed by atoms with Gasteiger partial charge in [0.2, 0.25) is 0 Å². The second-order valence-electron chi connectivity index (χ2n) is 2.95. The summed E-state index contributed by atoms with van der Waals surface area (Å²) < 4.78 is 0. The van der Waals surface area contributed by atoms with Gasteiger partial charge in [0.1, 0.15) is 0 Å². The topological polar surface area (TPSA) is 69.6 Å². The highest BCUT2D eigenvalue weighted by atomic mass is 16.4. The molecule has 0 heterocycles. The summed E-state index contributed by atoms with van der Waals surface area (Å²) in [5, 5.41) is 19.9. The smallest absolute Gasteiger partial charge is 0.404 e. The van der Waals surface area contributed by atoms with Crippen molar-refractivity contribution in [3.63, 3.8) is 0 Å². The molecule has 1 aliphatic rings. The third-order valence-electron chi connectivity index (χ3n) is 2.02. The van der Waals surface area contributed by atoms with Crippen molar-refractivity contribution in [1.82, 2.24) is 5.32 Å². The molecular formula is C7H13NO3. The second-order valence-corrected chi connectivity index (χ2v) is 2.95. The number of aliphatic hydroxyl groups excluding tert-OH is 1. The number of rotatable bonds is 1. The lowest BCUT2D eigenvalue weighted by Crippen LogP contribution is -2.37. The SMILES string of the molecule is O=C(O)N[C@H]1CC[C@@H](O)CC1. The summed E-state index contributed by atoms with van der Waals surface area (Å²) in [5.41, 5.74) is 0. The Hall–Kier alpha value is -0.770. The lowest BCUT2D eigenvalue weighted by Gasteiger charge is -2.24. The fourth-order valence-electron chi connectivity index (χ4n) is 1.39. The lowest BCUT2D eigenvalue weighted by atomic mass is 9.93. The zero-order valence-corrected chi connectivity index (χ0v) is 6.29. The molecule has 4 nitrogen and oxygen atoms in total. The summed E-state index contributed by atoms with van der Waals surface area (Å²) in [6.45, 7) is 0. The van der Waals surface area contributed by atoms with Gasteiger partial charge in [-0.1, -0.05) is 0 Å². The molecule has 1 saturated carbocycles. The van der Waals surface area contributed by atoms with Gasteiger partial charge in [-0.2, -0.15) is 0 Å². The highest BCUT2D eigenvalue weighted by Crippen LogP contribution is 2.17. The monoisotopic (exact) mass is 159 g/mol. The van der Waals surface area contributed by atoms with Gasteiger partial charge in [-0.3, -0.25) is 0 Å². The molecule has 0 atom stereocenters. The molecule has 3 N–H and O–H groups in total. The van der Waals surface area contributed by atoms with E-state index in [1.54, 1.807) is 0 Å². The van der Waals surface area contributed by atoms with Gasteiger partial charge in [0, 0.05) is 6.04 Å². The molecule has 0 aliphatic heterocycles. The van der Waals surface area contributed by atoms with Gasteiger partial charge in [0.25, 0.3) is 0 Å². The zero-order valence-electron chi connectivity index (χ0n) is 6.29. The maximum atomic E-state index is 10.2. The van der Waals surface area contributed by atoms with E-state index in [-0.39, 0.29) is 12.1 Å². The van der Waals surface area contributed by atoms with Crippen LogP contribution in [0.25, 0.3) is 0 Å². The second kappa shape index (κ2) is 3.57. The van der Waals surface area contributed by atoms with E-state index in [1.807, 2.05) is 0 Å². The van der Waals surface area contributed by atoms with Crippen molar-refractivity contribution in [1.29, 1.82) is 0 Å². The van der Waals surface area contributed by atoms with Gasteiger partial charge in [-0.15, -0.1) is 0 Å². The highest BCUT2D eigenvalue weighted by Gasteiger charge is 2.19.